The molecule has 3 aromatic heterocycles. The Morgan fingerprint density at radius 2 is 2.17 bits per heavy atom. The number of aryl methyl sites for hydroxylation is 1. The molecule has 3 aromatic rings. The Balaban J connectivity index is 0.000000368. The zero-order chi connectivity index (χ0) is 17.5. The van der Waals surface area contributed by atoms with Crippen molar-refractivity contribution in [2.24, 2.45) is 0 Å². The number of unbranched alkanes of at least 4 members (excludes halogenated alkanes) is 1. The molecular weight excluding hydrogens is 394 g/mol. The summed E-state index contributed by atoms with van der Waals surface area (Å²) >= 11 is 4.81. The van der Waals surface area contributed by atoms with E-state index in [9.17, 15) is 9.59 Å². The van der Waals surface area contributed by atoms with Gasteiger partial charge in [0, 0.05) is 16.9 Å². The van der Waals surface area contributed by atoms with Crippen LogP contribution in [0, 0.1) is 6.92 Å². The van der Waals surface area contributed by atoms with Gasteiger partial charge < -0.3 is 4.42 Å². The molecule has 0 N–H and O–H groups in total. The van der Waals surface area contributed by atoms with E-state index in [0.29, 0.717) is 5.65 Å². The number of hydrogen-bond acceptors (Lipinski definition) is 6. The van der Waals surface area contributed by atoms with Gasteiger partial charge >= 0.3 is 11.4 Å². The monoisotopic (exact) mass is 411 g/mol. The van der Waals surface area contributed by atoms with E-state index in [1.807, 2.05) is 12.3 Å². The Hall–Kier alpha value is -1.80. The van der Waals surface area contributed by atoms with Gasteiger partial charge in [0.2, 0.25) is 0 Å². The first-order valence-corrected chi connectivity index (χ1v) is 9.52. The Morgan fingerprint density at radius 1 is 1.38 bits per heavy atom. The smallest absolute Gasteiger partial charge is 0.372 e. The molecule has 128 valence electrons. The van der Waals surface area contributed by atoms with Crippen molar-refractivity contribution < 1.29 is 4.42 Å². The van der Waals surface area contributed by atoms with E-state index in [-0.39, 0.29) is 11.9 Å². The zero-order valence-corrected chi connectivity index (χ0v) is 15.9. The van der Waals surface area contributed by atoms with Crippen LogP contribution < -0.4 is 11.4 Å². The highest BCUT2D eigenvalue weighted by molar-refractivity contribution is 9.09. The van der Waals surface area contributed by atoms with Gasteiger partial charge in [0.25, 0.3) is 0 Å². The van der Waals surface area contributed by atoms with Crippen molar-refractivity contribution in [2.45, 2.75) is 33.2 Å². The van der Waals surface area contributed by atoms with Gasteiger partial charge in [0.1, 0.15) is 5.39 Å². The maximum atomic E-state index is 11.8. The van der Waals surface area contributed by atoms with Crippen molar-refractivity contribution in [3.8, 4) is 0 Å². The highest BCUT2D eigenvalue weighted by Crippen LogP contribution is 2.11. The Kier molecular flexibility index (Phi) is 6.86. The molecule has 3 rings (SSSR count). The van der Waals surface area contributed by atoms with Gasteiger partial charge in [0.15, 0.2) is 5.65 Å². The number of aromatic nitrogens is 3. The minimum absolute atomic E-state index is 0.237. The second-order valence-electron chi connectivity index (χ2n) is 5.02. The second-order valence-corrected chi connectivity index (χ2v) is 6.87. The van der Waals surface area contributed by atoms with Crippen LogP contribution in [0.5, 0.6) is 0 Å². The molecule has 0 amide bonds. The van der Waals surface area contributed by atoms with Crippen molar-refractivity contribution in [2.75, 3.05) is 5.33 Å². The summed E-state index contributed by atoms with van der Waals surface area (Å²) in [4.78, 5) is 31.7. The average Bonchev–Trinajstić information content (AvgIpc) is 2.98. The third kappa shape index (κ3) is 4.61. The SMILES string of the molecule is CCCCBr.Cc1nc(Cn2c(=O)oc(=O)c3cccnc32)cs1. The molecule has 0 radical (unpaired) electrons. The topological polar surface area (TPSA) is 78.0 Å². The maximum absolute atomic E-state index is 11.8. The summed E-state index contributed by atoms with van der Waals surface area (Å²) in [6.07, 6.45) is 4.13. The fourth-order valence-corrected chi connectivity index (χ4v) is 3.13. The lowest BCUT2D eigenvalue weighted by Gasteiger charge is -2.05. The molecule has 0 aliphatic carbocycles. The molecule has 0 bridgehead atoms. The molecule has 0 aliphatic rings. The van der Waals surface area contributed by atoms with Crippen LogP contribution in [0.4, 0.5) is 0 Å². The largest absolute Gasteiger partial charge is 0.423 e. The van der Waals surface area contributed by atoms with E-state index < -0.39 is 11.4 Å². The normalized spacial score (nSPS) is 10.5. The molecule has 6 nitrogen and oxygen atoms in total. The predicted molar refractivity (Wildman–Crippen MR) is 99.2 cm³/mol. The molecule has 0 spiro atoms. The molecule has 0 fully saturated rings. The van der Waals surface area contributed by atoms with Crippen molar-refractivity contribution in [1.82, 2.24) is 14.5 Å². The van der Waals surface area contributed by atoms with Gasteiger partial charge in [-0.25, -0.2) is 19.6 Å². The van der Waals surface area contributed by atoms with Gasteiger partial charge in [-0.05, 0) is 25.5 Å². The van der Waals surface area contributed by atoms with Crippen LogP contribution in [0.1, 0.15) is 30.5 Å². The molecule has 0 saturated heterocycles. The number of alkyl halides is 1. The van der Waals surface area contributed by atoms with E-state index >= 15 is 0 Å². The van der Waals surface area contributed by atoms with E-state index in [4.69, 9.17) is 0 Å². The summed E-state index contributed by atoms with van der Waals surface area (Å²) in [6, 6.07) is 3.21. The molecule has 0 aliphatic heterocycles. The molecular formula is C16H18BrN3O3S. The number of nitrogens with zero attached hydrogens (tertiary/aromatic N) is 3. The number of pyridine rings is 1. The van der Waals surface area contributed by atoms with Crippen LogP contribution in [0.2, 0.25) is 0 Å². The first-order valence-electron chi connectivity index (χ1n) is 7.52. The molecule has 24 heavy (non-hydrogen) atoms. The quantitative estimate of drug-likeness (QED) is 0.615. The summed E-state index contributed by atoms with van der Waals surface area (Å²) < 4.78 is 6.00. The lowest BCUT2D eigenvalue weighted by molar-refractivity contribution is 0.422. The van der Waals surface area contributed by atoms with Crippen molar-refractivity contribution >= 4 is 38.3 Å². The minimum Gasteiger partial charge on any atom is -0.372 e. The summed E-state index contributed by atoms with van der Waals surface area (Å²) in [5.74, 6) is -0.721. The van der Waals surface area contributed by atoms with E-state index in [1.165, 1.54) is 34.9 Å². The molecule has 0 saturated carbocycles. The Labute approximate surface area is 151 Å². The first-order chi connectivity index (χ1) is 11.6. The zero-order valence-electron chi connectivity index (χ0n) is 13.5. The van der Waals surface area contributed by atoms with Crippen LogP contribution in [0.25, 0.3) is 11.0 Å². The fourth-order valence-electron chi connectivity index (χ4n) is 1.96. The lowest BCUT2D eigenvalue weighted by atomic mass is 10.3. The third-order valence-electron chi connectivity index (χ3n) is 3.14. The fraction of sp³-hybridized carbons (Fsp3) is 0.375. The van der Waals surface area contributed by atoms with E-state index in [2.05, 4.69) is 37.2 Å². The highest BCUT2D eigenvalue weighted by atomic mass is 79.9. The van der Waals surface area contributed by atoms with Gasteiger partial charge in [-0.1, -0.05) is 29.3 Å². The average molecular weight is 412 g/mol. The minimum atomic E-state index is -0.721. The Morgan fingerprint density at radius 3 is 2.75 bits per heavy atom. The molecule has 0 unspecified atom stereocenters. The van der Waals surface area contributed by atoms with Crippen LogP contribution >= 0.6 is 27.3 Å². The summed E-state index contributed by atoms with van der Waals surface area (Å²) in [5, 5.41) is 4.22. The van der Waals surface area contributed by atoms with Crippen molar-refractivity contribution in [3.05, 3.63) is 55.4 Å². The van der Waals surface area contributed by atoms with Crippen LogP contribution in [-0.2, 0) is 6.54 Å². The van der Waals surface area contributed by atoms with Crippen LogP contribution in [-0.4, -0.2) is 19.9 Å². The summed E-state index contributed by atoms with van der Waals surface area (Å²) in [7, 11) is 0. The number of hydrogen-bond donors (Lipinski definition) is 0. The lowest BCUT2D eigenvalue weighted by Crippen LogP contribution is -2.26. The van der Waals surface area contributed by atoms with Crippen molar-refractivity contribution in [3.63, 3.8) is 0 Å². The van der Waals surface area contributed by atoms with Gasteiger partial charge in [-0.2, -0.15) is 0 Å². The maximum Gasteiger partial charge on any atom is 0.423 e. The van der Waals surface area contributed by atoms with Crippen LogP contribution in [0.3, 0.4) is 0 Å². The number of halogens is 1. The van der Waals surface area contributed by atoms with Gasteiger partial charge in [-0.15, -0.1) is 11.3 Å². The number of rotatable bonds is 4. The molecule has 0 aromatic carbocycles. The van der Waals surface area contributed by atoms with Gasteiger partial charge in [0.05, 0.1) is 17.2 Å². The number of fused-ring (bicyclic) bond motifs is 1. The van der Waals surface area contributed by atoms with Crippen molar-refractivity contribution in [1.29, 1.82) is 0 Å². The van der Waals surface area contributed by atoms with Crippen LogP contribution in [0.15, 0.2) is 37.7 Å². The van der Waals surface area contributed by atoms with E-state index in [0.717, 1.165) is 16.0 Å². The molecule has 8 heteroatoms. The molecule has 0 atom stereocenters. The Bertz CT molecular complexity index is 915. The second kappa shape index (κ2) is 8.89. The first kappa shape index (κ1) is 18.5. The molecule has 3 heterocycles. The third-order valence-corrected chi connectivity index (χ3v) is 4.52. The predicted octanol–water partition coefficient (Wildman–Crippen LogP) is 3.34. The number of thiazole rings is 1. The summed E-state index contributed by atoms with van der Waals surface area (Å²) in [5.41, 5.74) is 0.388. The van der Waals surface area contributed by atoms with Gasteiger partial charge in [-0.3, -0.25) is 4.57 Å². The summed E-state index contributed by atoms with van der Waals surface area (Å²) in [6.45, 7) is 4.31. The standard InChI is InChI=1S/C12H9N3O3S.C4H9Br/c1-7-14-8(6-19-7)5-15-10-9(3-2-4-13-10)11(16)18-12(15)17;1-2-3-4-5/h2-4,6H,5H2,1H3;2-4H2,1H3. The van der Waals surface area contributed by atoms with E-state index in [1.54, 1.807) is 12.1 Å². The highest BCUT2D eigenvalue weighted by Gasteiger charge is 2.11.